The van der Waals surface area contributed by atoms with Crippen LogP contribution in [0.1, 0.15) is 16.7 Å². The molecule has 2 N–H and O–H groups in total. The minimum Gasteiger partial charge on any atom is -0.472 e. The van der Waals surface area contributed by atoms with Crippen molar-refractivity contribution in [2.75, 3.05) is 20.4 Å². The molecule has 7 heteroatoms. The number of halogens is 1. The third-order valence-electron chi connectivity index (χ3n) is 3.70. The summed E-state index contributed by atoms with van der Waals surface area (Å²) in [6.45, 7) is 1.80. The molecule has 2 aromatic rings. The number of nitrogens with one attached hydrogen (secondary N) is 2. The first kappa shape index (κ1) is 16.3. The molecular formula is C17H20FN3O3. The van der Waals surface area contributed by atoms with Crippen molar-refractivity contribution in [3.05, 3.63) is 53.2 Å². The number of nitrogens with zero attached hydrogens (tertiary/aromatic N) is 1. The maximum atomic E-state index is 13.7. The van der Waals surface area contributed by atoms with Gasteiger partial charge >= 0.3 is 0 Å². The zero-order valence-corrected chi connectivity index (χ0v) is 13.5. The average molecular weight is 333 g/mol. The fourth-order valence-corrected chi connectivity index (χ4v) is 2.56. The van der Waals surface area contributed by atoms with Crippen LogP contribution in [0, 0.1) is 5.82 Å². The van der Waals surface area contributed by atoms with E-state index < -0.39 is 0 Å². The van der Waals surface area contributed by atoms with E-state index in [4.69, 9.17) is 13.9 Å². The maximum Gasteiger partial charge on any atom is 0.191 e. The number of guanidine groups is 1. The summed E-state index contributed by atoms with van der Waals surface area (Å²) in [5, 5.41) is 6.39. The van der Waals surface area contributed by atoms with Crippen LogP contribution in [-0.2, 0) is 24.3 Å². The first-order valence-electron chi connectivity index (χ1n) is 7.73. The molecule has 2 heterocycles. The number of hydrogen-bond donors (Lipinski definition) is 2. The van der Waals surface area contributed by atoms with E-state index in [-0.39, 0.29) is 12.6 Å². The number of furan rings is 1. The number of aliphatic imine (C=N–C) groups is 1. The van der Waals surface area contributed by atoms with Crippen molar-refractivity contribution in [3.63, 3.8) is 0 Å². The largest absolute Gasteiger partial charge is 0.472 e. The van der Waals surface area contributed by atoms with Crippen LogP contribution in [0.3, 0.4) is 0 Å². The van der Waals surface area contributed by atoms with Crippen molar-refractivity contribution in [2.24, 2.45) is 4.99 Å². The lowest BCUT2D eigenvalue weighted by molar-refractivity contribution is -0.0172. The quantitative estimate of drug-likeness (QED) is 0.648. The van der Waals surface area contributed by atoms with Crippen molar-refractivity contribution >= 4 is 5.96 Å². The molecule has 0 radical (unpaired) electrons. The number of fused-ring (bicyclic) bond motifs is 1. The maximum absolute atomic E-state index is 13.7. The summed E-state index contributed by atoms with van der Waals surface area (Å²) in [6, 6.07) is 4.85. The number of rotatable bonds is 5. The molecule has 1 aromatic carbocycles. The van der Waals surface area contributed by atoms with Gasteiger partial charge in [0.1, 0.15) is 11.6 Å². The molecule has 0 unspecified atom stereocenters. The fourth-order valence-electron chi connectivity index (χ4n) is 2.56. The Morgan fingerprint density at radius 3 is 3.04 bits per heavy atom. The molecule has 0 saturated carbocycles. The van der Waals surface area contributed by atoms with Crippen molar-refractivity contribution < 1.29 is 18.3 Å². The van der Waals surface area contributed by atoms with Gasteiger partial charge in [-0.1, -0.05) is 0 Å². The number of hydrogen-bond acceptors (Lipinski definition) is 4. The topological polar surface area (TPSA) is 68.0 Å². The summed E-state index contributed by atoms with van der Waals surface area (Å²) in [7, 11) is 1.70. The van der Waals surface area contributed by atoms with Gasteiger partial charge in [0, 0.05) is 31.3 Å². The van der Waals surface area contributed by atoms with Crippen LogP contribution >= 0.6 is 0 Å². The smallest absolute Gasteiger partial charge is 0.191 e. The second-order valence-corrected chi connectivity index (χ2v) is 5.40. The van der Waals surface area contributed by atoms with Crippen LogP contribution in [0.25, 0.3) is 0 Å². The standard InChI is InChI=1S/C17H20FN3O3/c1-19-17(21-8-12-3-5-22-9-12)20-4-2-13-6-15(18)7-14-10-23-11-24-16(13)14/h3,5-7,9H,2,4,8,10-11H2,1H3,(H2,19,20,21). The van der Waals surface area contributed by atoms with Crippen LogP contribution < -0.4 is 15.4 Å². The summed E-state index contributed by atoms with van der Waals surface area (Å²) >= 11 is 0. The van der Waals surface area contributed by atoms with Crippen LogP contribution in [0.4, 0.5) is 4.39 Å². The van der Waals surface area contributed by atoms with Gasteiger partial charge in [0.25, 0.3) is 0 Å². The SMILES string of the molecule is CN=C(NCCc1cc(F)cc2c1OCOC2)NCc1ccoc1. The first-order chi connectivity index (χ1) is 11.8. The van der Waals surface area contributed by atoms with E-state index in [2.05, 4.69) is 15.6 Å². The predicted molar refractivity (Wildman–Crippen MR) is 87.3 cm³/mol. The van der Waals surface area contributed by atoms with E-state index in [1.165, 1.54) is 12.1 Å². The Morgan fingerprint density at radius 2 is 2.25 bits per heavy atom. The monoisotopic (exact) mass is 333 g/mol. The zero-order chi connectivity index (χ0) is 16.8. The predicted octanol–water partition coefficient (Wildman–Crippen LogP) is 2.19. The fraction of sp³-hybridized carbons (Fsp3) is 0.353. The third-order valence-corrected chi connectivity index (χ3v) is 3.70. The van der Waals surface area contributed by atoms with Crippen LogP contribution in [0.15, 0.2) is 40.1 Å². The average Bonchev–Trinajstić information content (AvgIpc) is 3.11. The second-order valence-electron chi connectivity index (χ2n) is 5.40. The molecule has 24 heavy (non-hydrogen) atoms. The molecule has 6 nitrogen and oxygen atoms in total. The van der Waals surface area contributed by atoms with E-state index in [0.29, 0.717) is 32.1 Å². The molecule has 128 valence electrons. The van der Waals surface area contributed by atoms with E-state index in [1.807, 2.05) is 6.07 Å². The molecule has 0 spiro atoms. The van der Waals surface area contributed by atoms with E-state index in [9.17, 15) is 4.39 Å². The minimum atomic E-state index is -0.277. The summed E-state index contributed by atoms with van der Waals surface area (Å²) in [5.74, 6) is 1.12. The van der Waals surface area contributed by atoms with Crippen LogP contribution in [-0.4, -0.2) is 26.3 Å². The summed E-state index contributed by atoms with van der Waals surface area (Å²) in [5.41, 5.74) is 2.61. The Labute approximate surface area is 139 Å². The highest BCUT2D eigenvalue weighted by atomic mass is 19.1. The molecule has 0 saturated heterocycles. The van der Waals surface area contributed by atoms with Gasteiger partial charge in [-0.2, -0.15) is 0 Å². The first-order valence-corrected chi connectivity index (χ1v) is 7.73. The van der Waals surface area contributed by atoms with Crippen molar-refractivity contribution in [1.29, 1.82) is 0 Å². The highest BCUT2D eigenvalue weighted by Gasteiger charge is 2.16. The zero-order valence-electron chi connectivity index (χ0n) is 13.5. The lowest BCUT2D eigenvalue weighted by Crippen LogP contribution is -2.37. The highest BCUT2D eigenvalue weighted by Crippen LogP contribution is 2.29. The summed E-state index contributed by atoms with van der Waals surface area (Å²) < 4.78 is 29.4. The van der Waals surface area contributed by atoms with E-state index in [1.54, 1.807) is 19.6 Å². The molecule has 0 atom stereocenters. The number of ether oxygens (including phenoxy) is 2. The van der Waals surface area contributed by atoms with Crippen LogP contribution in [0.5, 0.6) is 5.75 Å². The Balaban J connectivity index is 1.54. The molecule has 0 bridgehead atoms. The summed E-state index contributed by atoms with van der Waals surface area (Å²) in [6.07, 6.45) is 3.93. The second kappa shape index (κ2) is 7.83. The van der Waals surface area contributed by atoms with Gasteiger partial charge in [-0.3, -0.25) is 4.99 Å². The number of benzene rings is 1. The Bertz CT molecular complexity index is 701. The van der Waals surface area contributed by atoms with Gasteiger partial charge < -0.3 is 24.5 Å². The minimum absolute atomic E-state index is 0.201. The Kier molecular flexibility index (Phi) is 5.32. The Hall–Kier alpha value is -2.54. The van der Waals surface area contributed by atoms with Crippen molar-refractivity contribution in [3.8, 4) is 5.75 Å². The van der Waals surface area contributed by atoms with Gasteiger partial charge in [0.2, 0.25) is 0 Å². The molecule has 1 aliphatic heterocycles. The molecule has 0 aliphatic carbocycles. The normalized spacial score (nSPS) is 14.0. The van der Waals surface area contributed by atoms with Gasteiger partial charge in [0.05, 0.1) is 19.1 Å². The van der Waals surface area contributed by atoms with Gasteiger partial charge in [0.15, 0.2) is 12.8 Å². The van der Waals surface area contributed by atoms with Gasteiger partial charge in [-0.15, -0.1) is 0 Å². The Morgan fingerprint density at radius 1 is 1.33 bits per heavy atom. The lowest BCUT2D eigenvalue weighted by atomic mass is 10.1. The van der Waals surface area contributed by atoms with Crippen molar-refractivity contribution in [1.82, 2.24) is 10.6 Å². The van der Waals surface area contributed by atoms with Crippen LogP contribution in [0.2, 0.25) is 0 Å². The van der Waals surface area contributed by atoms with E-state index in [0.717, 1.165) is 22.4 Å². The van der Waals surface area contributed by atoms with Gasteiger partial charge in [-0.05, 0) is 30.2 Å². The molecular weight excluding hydrogens is 313 g/mol. The highest BCUT2D eigenvalue weighted by molar-refractivity contribution is 5.79. The molecule has 3 rings (SSSR count). The molecule has 1 aromatic heterocycles. The van der Waals surface area contributed by atoms with E-state index >= 15 is 0 Å². The molecule has 0 fully saturated rings. The summed E-state index contributed by atoms with van der Waals surface area (Å²) in [4.78, 5) is 4.16. The lowest BCUT2D eigenvalue weighted by Gasteiger charge is -2.21. The van der Waals surface area contributed by atoms with Crippen molar-refractivity contribution in [2.45, 2.75) is 19.6 Å². The molecule has 1 aliphatic rings. The molecule has 0 amide bonds. The van der Waals surface area contributed by atoms with Gasteiger partial charge in [-0.25, -0.2) is 4.39 Å². The third kappa shape index (κ3) is 4.05.